The van der Waals surface area contributed by atoms with Crippen LogP contribution in [-0.4, -0.2) is 47.4 Å². The molecule has 0 radical (unpaired) electrons. The molecule has 0 aliphatic rings. The van der Waals surface area contributed by atoms with Gasteiger partial charge in [0.25, 0.3) is 0 Å². The molecule has 0 unspecified atom stereocenters. The van der Waals surface area contributed by atoms with Gasteiger partial charge in [-0.2, -0.15) is 0 Å². The first-order chi connectivity index (χ1) is 15.2. The van der Waals surface area contributed by atoms with Gasteiger partial charge in [-0.25, -0.2) is 15.0 Å². The van der Waals surface area contributed by atoms with E-state index in [9.17, 15) is 0 Å². The number of aromatic nitrogens is 3. The van der Waals surface area contributed by atoms with Crippen LogP contribution in [0.1, 0.15) is 23.6 Å². The second-order valence-corrected chi connectivity index (χ2v) is 7.00. The molecule has 0 spiro atoms. The number of rotatable bonds is 10. The molecule has 0 saturated heterocycles. The minimum absolute atomic E-state index is 0.517. The van der Waals surface area contributed by atoms with Crippen molar-refractivity contribution in [3.8, 4) is 11.6 Å². The third-order valence-corrected chi connectivity index (χ3v) is 4.56. The van der Waals surface area contributed by atoms with Crippen molar-refractivity contribution in [2.24, 2.45) is 4.99 Å². The van der Waals surface area contributed by atoms with Crippen molar-refractivity contribution in [2.45, 2.75) is 26.9 Å². The van der Waals surface area contributed by atoms with Gasteiger partial charge in [-0.1, -0.05) is 18.2 Å². The fourth-order valence-electron chi connectivity index (χ4n) is 2.93. The third-order valence-electron chi connectivity index (χ3n) is 4.56. The van der Waals surface area contributed by atoms with Crippen LogP contribution in [0.4, 0.5) is 0 Å². The molecule has 0 amide bonds. The Balaban J connectivity index is 1.62. The topological polar surface area (TPSA) is 85.6 Å². The van der Waals surface area contributed by atoms with Gasteiger partial charge in [-0.3, -0.25) is 4.57 Å². The van der Waals surface area contributed by atoms with Crippen LogP contribution in [0.5, 0.6) is 5.75 Å². The monoisotopic (exact) mass is 422 g/mol. The second-order valence-electron chi connectivity index (χ2n) is 7.00. The molecule has 3 rings (SSSR count). The first-order valence-corrected chi connectivity index (χ1v) is 10.4. The number of aliphatic imine (C=N–C) groups is 1. The van der Waals surface area contributed by atoms with E-state index >= 15 is 0 Å². The molecule has 164 valence electrons. The summed E-state index contributed by atoms with van der Waals surface area (Å²) in [5, 5.41) is 6.67. The smallest absolute Gasteiger partial charge is 0.191 e. The van der Waals surface area contributed by atoms with Gasteiger partial charge in [-0.05, 0) is 37.1 Å². The number of benzene rings is 1. The molecule has 0 saturated carbocycles. The van der Waals surface area contributed by atoms with Crippen LogP contribution in [0, 0.1) is 6.92 Å². The molecule has 0 aliphatic carbocycles. The number of methoxy groups -OCH3 is 1. The van der Waals surface area contributed by atoms with Gasteiger partial charge in [-0.15, -0.1) is 0 Å². The Morgan fingerprint density at radius 3 is 2.77 bits per heavy atom. The molecule has 31 heavy (non-hydrogen) atoms. The third kappa shape index (κ3) is 6.82. The Morgan fingerprint density at radius 2 is 2.06 bits per heavy atom. The zero-order valence-corrected chi connectivity index (χ0v) is 18.3. The van der Waals surface area contributed by atoms with Gasteiger partial charge < -0.3 is 20.1 Å². The quantitative estimate of drug-likeness (QED) is 0.297. The molecule has 0 atom stereocenters. The Labute approximate surface area is 183 Å². The van der Waals surface area contributed by atoms with Crippen molar-refractivity contribution in [3.05, 3.63) is 71.9 Å². The van der Waals surface area contributed by atoms with E-state index in [4.69, 9.17) is 9.47 Å². The van der Waals surface area contributed by atoms with Crippen LogP contribution >= 0.6 is 0 Å². The minimum atomic E-state index is 0.517. The molecule has 0 bridgehead atoms. The number of ether oxygens (including phenoxy) is 2. The normalized spacial score (nSPS) is 11.4. The Kier molecular flexibility index (Phi) is 8.42. The van der Waals surface area contributed by atoms with E-state index in [-0.39, 0.29) is 0 Å². The van der Waals surface area contributed by atoms with Crippen molar-refractivity contribution in [1.29, 1.82) is 0 Å². The van der Waals surface area contributed by atoms with Crippen LogP contribution in [0.25, 0.3) is 5.82 Å². The number of aryl methyl sites for hydroxylation is 1. The van der Waals surface area contributed by atoms with E-state index in [1.54, 1.807) is 19.6 Å². The molecule has 2 heterocycles. The van der Waals surface area contributed by atoms with Crippen LogP contribution < -0.4 is 15.4 Å². The van der Waals surface area contributed by atoms with E-state index in [1.807, 2.05) is 42.1 Å². The van der Waals surface area contributed by atoms with Crippen molar-refractivity contribution < 1.29 is 9.47 Å². The fourth-order valence-corrected chi connectivity index (χ4v) is 2.93. The lowest BCUT2D eigenvalue weighted by Crippen LogP contribution is -2.36. The lowest BCUT2D eigenvalue weighted by Gasteiger charge is -2.15. The maximum Gasteiger partial charge on any atom is 0.191 e. The van der Waals surface area contributed by atoms with Gasteiger partial charge in [0.1, 0.15) is 24.5 Å². The highest BCUT2D eigenvalue weighted by molar-refractivity contribution is 5.79. The molecule has 2 aromatic heterocycles. The van der Waals surface area contributed by atoms with E-state index in [2.05, 4.69) is 44.7 Å². The lowest BCUT2D eigenvalue weighted by atomic mass is 10.1. The summed E-state index contributed by atoms with van der Waals surface area (Å²) in [6.07, 6.45) is 7.16. The number of pyridine rings is 1. The molecule has 0 aliphatic heterocycles. The number of nitrogens with one attached hydrogen (secondary N) is 2. The number of hydrogen-bond acceptors (Lipinski definition) is 5. The number of hydrogen-bond donors (Lipinski definition) is 2. The van der Waals surface area contributed by atoms with Crippen LogP contribution in [0.15, 0.2) is 60.2 Å². The minimum Gasteiger partial charge on any atom is -0.491 e. The molecular weight excluding hydrogens is 392 g/mol. The van der Waals surface area contributed by atoms with Crippen molar-refractivity contribution in [3.63, 3.8) is 0 Å². The van der Waals surface area contributed by atoms with Crippen molar-refractivity contribution >= 4 is 5.96 Å². The predicted molar refractivity (Wildman–Crippen MR) is 122 cm³/mol. The average molecular weight is 423 g/mol. The number of nitrogens with zero attached hydrogens (tertiary/aromatic N) is 4. The summed E-state index contributed by atoms with van der Waals surface area (Å²) in [6.45, 7) is 7.07. The van der Waals surface area contributed by atoms with E-state index in [0.717, 1.165) is 40.8 Å². The maximum atomic E-state index is 5.88. The zero-order valence-electron chi connectivity index (χ0n) is 18.3. The Bertz CT molecular complexity index is 955. The van der Waals surface area contributed by atoms with Gasteiger partial charge in [0, 0.05) is 44.4 Å². The van der Waals surface area contributed by atoms with Crippen LogP contribution in [0.2, 0.25) is 0 Å². The van der Waals surface area contributed by atoms with Crippen LogP contribution in [-0.2, 0) is 17.8 Å². The second kappa shape index (κ2) is 11.7. The summed E-state index contributed by atoms with van der Waals surface area (Å²) >= 11 is 0. The standard InChI is InChI=1S/C23H30N6O2/c1-4-25-23(27-15-19-6-8-22(26-14-19)29-10-9-24-17-29)28-16-20-7-5-18(2)13-21(20)31-12-11-30-3/h5-10,13-14,17H,4,11-12,15-16H2,1-3H3,(H2,25,27,28). The molecule has 1 aromatic carbocycles. The average Bonchev–Trinajstić information content (AvgIpc) is 3.32. The summed E-state index contributed by atoms with van der Waals surface area (Å²) in [4.78, 5) is 13.2. The summed E-state index contributed by atoms with van der Waals surface area (Å²) in [5.74, 6) is 2.43. The fraction of sp³-hybridized carbons (Fsp3) is 0.348. The summed E-state index contributed by atoms with van der Waals surface area (Å²) in [7, 11) is 1.67. The first kappa shape index (κ1) is 22.3. The van der Waals surface area contributed by atoms with Crippen molar-refractivity contribution in [1.82, 2.24) is 25.2 Å². The highest BCUT2D eigenvalue weighted by atomic mass is 16.5. The highest BCUT2D eigenvalue weighted by Gasteiger charge is 2.06. The summed E-state index contributed by atoms with van der Waals surface area (Å²) in [5.41, 5.74) is 3.25. The van der Waals surface area contributed by atoms with E-state index < -0.39 is 0 Å². The highest BCUT2D eigenvalue weighted by Crippen LogP contribution is 2.20. The van der Waals surface area contributed by atoms with Gasteiger partial charge >= 0.3 is 0 Å². The molecule has 0 fully saturated rings. The summed E-state index contributed by atoms with van der Waals surface area (Å²) < 4.78 is 12.8. The maximum absolute atomic E-state index is 5.88. The Morgan fingerprint density at radius 1 is 1.16 bits per heavy atom. The molecular formula is C23H30N6O2. The largest absolute Gasteiger partial charge is 0.491 e. The number of imidazole rings is 1. The molecule has 8 heteroatoms. The predicted octanol–water partition coefficient (Wildman–Crippen LogP) is 2.86. The molecule has 2 N–H and O–H groups in total. The number of guanidine groups is 1. The molecule has 8 nitrogen and oxygen atoms in total. The van der Waals surface area contributed by atoms with Crippen molar-refractivity contribution in [2.75, 3.05) is 26.9 Å². The zero-order chi connectivity index (χ0) is 21.9. The molecule has 3 aromatic rings. The SMILES string of the molecule is CCNC(=NCc1ccc(-n2ccnc2)nc1)NCc1ccc(C)cc1OCCOC. The van der Waals surface area contributed by atoms with E-state index in [0.29, 0.717) is 26.3 Å². The summed E-state index contributed by atoms with van der Waals surface area (Å²) in [6, 6.07) is 10.2. The Hall–Kier alpha value is -3.39. The van der Waals surface area contributed by atoms with Crippen LogP contribution in [0.3, 0.4) is 0 Å². The van der Waals surface area contributed by atoms with E-state index in [1.165, 1.54) is 0 Å². The first-order valence-electron chi connectivity index (χ1n) is 10.4. The van der Waals surface area contributed by atoms with Gasteiger partial charge in [0.15, 0.2) is 5.96 Å². The lowest BCUT2D eigenvalue weighted by molar-refractivity contribution is 0.145. The van der Waals surface area contributed by atoms with Gasteiger partial charge in [0.05, 0.1) is 13.2 Å². The van der Waals surface area contributed by atoms with Gasteiger partial charge in [0.2, 0.25) is 0 Å².